The van der Waals surface area contributed by atoms with Crippen molar-refractivity contribution in [2.24, 2.45) is 0 Å². The summed E-state index contributed by atoms with van der Waals surface area (Å²) in [6.45, 7) is 3.35. The van der Waals surface area contributed by atoms with Gasteiger partial charge in [-0.2, -0.15) is 0 Å². The molecular formula is C11H9FO2. The molecule has 1 aromatic carbocycles. The van der Waals surface area contributed by atoms with Crippen molar-refractivity contribution >= 4 is 11.5 Å². The van der Waals surface area contributed by atoms with Gasteiger partial charge in [-0.05, 0) is 17.7 Å². The normalized spacial score (nSPS) is 9.00. The van der Waals surface area contributed by atoms with Gasteiger partial charge in [0.15, 0.2) is 0 Å². The van der Waals surface area contributed by atoms with Gasteiger partial charge in [0.05, 0.1) is 7.11 Å². The fourth-order valence-electron chi connectivity index (χ4n) is 1.04. The highest BCUT2D eigenvalue weighted by molar-refractivity contribution is 6.16. The topological polar surface area (TPSA) is 26.3 Å². The molecule has 1 rings (SSSR count). The number of halogens is 1. The quantitative estimate of drug-likeness (QED) is 0.408. The first-order chi connectivity index (χ1) is 6.69. The second kappa shape index (κ2) is 4.40. The summed E-state index contributed by atoms with van der Waals surface area (Å²) in [4.78, 5) is 11.2. The maximum Gasteiger partial charge on any atom is 0.346 e. The third kappa shape index (κ3) is 2.09. The molecule has 0 aromatic heterocycles. The molecule has 0 saturated carbocycles. The second-order valence-corrected chi connectivity index (χ2v) is 2.55. The molecule has 0 aliphatic rings. The van der Waals surface area contributed by atoms with Crippen LogP contribution in [-0.4, -0.2) is 13.1 Å². The first kappa shape index (κ1) is 10.2. The summed E-state index contributed by atoms with van der Waals surface area (Å²) >= 11 is 0. The van der Waals surface area contributed by atoms with Crippen molar-refractivity contribution in [3.05, 3.63) is 48.0 Å². The molecule has 0 saturated heterocycles. The molecule has 1 aromatic rings. The zero-order valence-corrected chi connectivity index (χ0v) is 7.71. The van der Waals surface area contributed by atoms with E-state index in [-0.39, 0.29) is 5.57 Å². The average Bonchev–Trinajstić information content (AvgIpc) is 2.19. The third-order valence-electron chi connectivity index (χ3n) is 1.68. The van der Waals surface area contributed by atoms with Gasteiger partial charge in [0.1, 0.15) is 11.4 Å². The number of carbonyl (C=O) groups excluding carboxylic acids is 1. The lowest BCUT2D eigenvalue weighted by atomic mass is 10.1. The molecule has 72 valence electrons. The van der Waals surface area contributed by atoms with E-state index in [1.165, 1.54) is 25.3 Å². The van der Waals surface area contributed by atoms with Crippen LogP contribution in [0.1, 0.15) is 5.56 Å². The van der Waals surface area contributed by atoms with Crippen molar-refractivity contribution in [2.45, 2.75) is 0 Å². The smallest absolute Gasteiger partial charge is 0.346 e. The van der Waals surface area contributed by atoms with E-state index in [4.69, 9.17) is 0 Å². The highest BCUT2D eigenvalue weighted by Crippen LogP contribution is 2.15. The van der Waals surface area contributed by atoms with Crippen LogP contribution in [0, 0.1) is 5.82 Å². The van der Waals surface area contributed by atoms with Crippen LogP contribution >= 0.6 is 0 Å². The van der Waals surface area contributed by atoms with E-state index in [0.29, 0.717) is 5.56 Å². The van der Waals surface area contributed by atoms with Crippen LogP contribution in [0.3, 0.4) is 0 Å². The fourth-order valence-corrected chi connectivity index (χ4v) is 1.04. The Labute approximate surface area is 81.3 Å². The molecule has 3 heteroatoms. The minimum Gasteiger partial charge on any atom is -0.465 e. The highest BCUT2D eigenvalue weighted by atomic mass is 19.1. The average molecular weight is 192 g/mol. The monoisotopic (exact) mass is 192 g/mol. The number of carbonyl (C=O) groups is 1. The van der Waals surface area contributed by atoms with E-state index >= 15 is 0 Å². The molecule has 2 nitrogen and oxygen atoms in total. The lowest BCUT2D eigenvalue weighted by Gasteiger charge is -2.02. The van der Waals surface area contributed by atoms with Crippen LogP contribution in [0.4, 0.5) is 4.39 Å². The van der Waals surface area contributed by atoms with Crippen LogP contribution in [0.2, 0.25) is 0 Å². The van der Waals surface area contributed by atoms with Gasteiger partial charge < -0.3 is 4.74 Å². The molecule has 0 fully saturated rings. The van der Waals surface area contributed by atoms with Crippen molar-refractivity contribution in [3.63, 3.8) is 0 Å². The molecule has 0 N–H and O–H groups in total. The molecule has 0 aliphatic heterocycles. The Morgan fingerprint density at radius 3 is 2.79 bits per heavy atom. The van der Waals surface area contributed by atoms with Gasteiger partial charge in [0.25, 0.3) is 0 Å². The summed E-state index contributed by atoms with van der Waals surface area (Å²) in [5.74, 6) is -0.996. The van der Waals surface area contributed by atoms with Crippen LogP contribution in [-0.2, 0) is 9.53 Å². The number of methoxy groups -OCH3 is 1. The van der Waals surface area contributed by atoms with Crippen molar-refractivity contribution in [1.82, 2.24) is 0 Å². The number of benzene rings is 1. The van der Waals surface area contributed by atoms with Gasteiger partial charge >= 0.3 is 5.97 Å². The molecule has 0 atom stereocenters. The zero-order chi connectivity index (χ0) is 10.6. The molecular weight excluding hydrogens is 183 g/mol. The van der Waals surface area contributed by atoms with E-state index in [0.717, 1.165) is 0 Å². The third-order valence-corrected chi connectivity index (χ3v) is 1.68. The van der Waals surface area contributed by atoms with Gasteiger partial charge in [-0.1, -0.05) is 18.7 Å². The molecule has 14 heavy (non-hydrogen) atoms. The lowest BCUT2D eigenvalue weighted by molar-refractivity contribution is -0.133. The Morgan fingerprint density at radius 1 is 1.57 bits per heavy atom. The molecule has 0 unspecified atom stereocenters. The maximum atomic E-state index is 12.8. The number of hydrogen-bond donors (Lipinski definition) is 0. The lowest BCUT2D eigenvalue weighted by Crippen LogP contribution is -2.03. The minimum atomic E-state index is -0.578. The van der Waals surface area contributed by atoms with E-state index in [1.54, 1.807) is 6.07 Å². The van der Waals surface area contributed by atoms with Gasteiger partial charge in [-0.3, -0.25) is 0 Å². The zero-order valence-electron chi connectivity index (χ0n) is 7.71. The highest BCUT2D eigenvalue weighted by Gasteiger charge is 2.11. The Balaban J connectivity index is 3.15. The first-order valence-corrected chi connectivity index (χ1v) is 3.93. The fraction of sp³-hybridized carbons (Fsp3) is 0.0909. The van der Waals surface area contributed by atoms with E-state index in [1.807, 2.05) is 0 Å². The summed E-state index contributed by atoms with van der Waals surface area (Å²) < 4.78 is 17.3. The predicted octanol–water partition coefficient (Wildman–Crippen LogP) is 2.17. The van der Waals surface area contributed by atoms with Crippen molar-refractivity contribution < 1.29 is 13.9 Å². The largest absolute Gasteiger partial charge is 0.465 e. The van der Waals surface area contributed by atoms with Crippen LogP contribution in [0.15, 0.2) is 36.6 Å². The van der Waals surface area contributed by atoms with Crippen molar-refractivity contribution in [3.8, 4) is 0 Å². The van der Waals surface area contributed by atoms with E-state index < -0.39 is 11.8 Å². The number of ether oxygens (including phenoxy) is 1. The minimum absolute atomic E-state index is 0.131. The van der Waals surface area contributed by atoms with E-state index in [2.05, 4.69) is 17.0 Å². The number of rotatable bonds is 2. The molecule has 0 spiro atoms. The Kier molecular flexibility index (Phi) is 3.21. The maximum absolute atomic E-state index is 12.8. The summed E-state index contributed by atoms with van der Waals surface area (Å²) in [5, 5.41) is 0. The summed E-state index contributed by atoms with van der Waals surface area (Å²) in [7, 11) is 1.25. The SMILES string of the molecule is C=C=C(C(=O)OC)c1cccc(F)c1. The van der Waals surface area contributed by atoms with E-state index in [9.17, 15) is 9.18 Å². The van der Waals surface area contributed by atoms with Crippen LogP contribution in [0.25, 0.3) is 5.57 Å². The molecule has 0 amide bonds. The Bertz CT molecular complexity index is 404. The summed E-state index contributed by atoms with van der Waals surface area (Å²) in [5.41, 5.74) is 2.96. The Hall–Kier alpha value is -1.86. The summed E-state index contributed by atoms with van der Waals surface area (Å²) in [6.07, 6.45) is 0. The van der Waals surface area contributed by atoms with Crippen molar-refractivity contribution in [1.29, 1.82) is 0 Å². The van der Waals surface area contributed by atoms with Gasteiger partial charge in [-0.25, -0.2) is 9.18 Å². The summed E-state index contributed by atoms with van der Waals surface area (Å²) in [6, 6.07) is 5.62. The van der Waals surface area contributed by atoms with Crippen molar-refractivity contribution in [2.75, 3.05) is 7.11 Å². The van der Waals surface area contributed by atoms with Crippen LogP contribution < -0.4 is 0 Å². The van der Waals surface area contributed by atoms with Gasteiger partial charge in [0, 0.05) is 0 Å². The number of hydrogen-bond acceptors (Lipinski definition) is 2. The predicted molar refractivity (Wildman–Crippen MR) is 51.0 cm³/mol. The Morgan fingerprint density at radius 2 is 2.29 bits per heavy atom. The molecule has 0 bridgehead atoms. The standard InChI is InChI=1S/C11H9FO2/c1-3-10(11(13)14-2)8-5-4-6-9(12)7-8/h4-7H,1H2,2H3. The number of esters is 1. The van der Waals surface area contributed by atoms with Gasteiger partial charge in [-0.15, -0.1) is 5.73 Å². The molecule has 0 radical (unpaired) electrons. The molecule has 0 aliphatic carbocycles. The first-order valence-electron chi connectivity index (χ1n) is 3.93. The molecule has 0 heterocycles. The van der Waals surface area contributed by atoms with Gasteiger partial charge in [0.2, 0.25) is 0 Å². The second-order valence-electron chi connectivity index (χ2n) is 2.55. The van der Waals surface area contributed by atoms with Crippen LogP contribution in [0.5, 0.6) is 0 Å².